The number of benzene rings is 1. The van der Waals surface area contributed by atoms with Crippen LogP contribution in [0.1, 0.15) is 24.2 Å². The smallest absolute Gasteiger partial charge is 0.409 e. The number of esters is 1. The normalized spacial score (nSPS) is 13.7. The summed E-state index contributed by atoms with van der Waals surface area (Å²) in [6, 6.07) is 8.87. The lowest BCUT2D eigenvalue weighted by molar-refractivity contribution is 0.0526. The van der Waals surface area contributed by atoms with Gasteiger partial charge in [-0.25, -0.2) is 19.6 Å². The van der Waals surface area contributed by atoms with E-state index in [1.54, 1.807) is 43.0 Å². The second-order valence-electron chi connectivity index (χ2n) is 6.36. The summed E-state index contributed by atoms with van der Waals surface area (Å²) in [5, 5.41) is 3.21. The zero-order valence-corrected chi connectivity index (χ0v) is 16.6. The second kappa shape index (κ2) is 9.72. The van der Waals surface area contributed by atoms with E-state index in [0.717, 1.165) is 11.5 Å². The molecule has 154 valence electrons. The highest BCUT2D eigenvalue weighted by Crippen LogP contribution is 2.20. The molecule has 1 fully saturated rings. The van der Waals surface area contributed by atoms with Crippen LogP contribution in [0.25, 0.3) is 0 Å². The van der Waals surface area contributed by atoms with Crippen molar-refractivity contribution in [1.29, 1.82) is 0 Å². The van der Waals surface area contributed by atoms with Crippen LogP contribution in [0.4, 0.5) is 22.1 Å². The standard InChI is InChI=1S/C20H25N5O4/c1-3-28-19(26)15-5-7-16(8-6-15)23-17-13-18(22-14-21-17)24-9-11-25(12-10-24)20(27)29-4-2/h5-8,13-14H,3-4,9-12H2,1-2H3,(H,21,22,23). The summed E-state index contributed by atoms with van der Waals surface area (Å²) in [5.74, 6) is 1.09. The van der Waals surface area contributed by atoms with Gasteiger partial charge in [0.15, 0.2) is 0 Å². The molecule has 29 heavy (non-hydrogen) atoms. The number of carbonyl (C=O) groups excluding carboxylic acids is 2. The summed E-state index contributed by atoms with van der Waals surface area (Å²) >= 11 is 0. The molecule has 9 nitrogen and oxygen atoms in total. The third kappa shape index (κ3) is 5.34. The van der Waals surface area contributed by atoms with Gasteiger partial charge in [0.05, 0.1) is 18.8 Å². The Labute approximate surface area is 169 Å². The van der Waals surface area contributed by atoms with Crippen LogP contribution in [0.5, 0.6) is 0 Å². The van der Waals surface area contributed by atoms with Gasteiger partial charge in [-0.1, -0.05) is 0 Å². The van der Waals surface area contributed by atoms with Crippen molar-refractivity contribution in [2.45, 2.75) is 13.8 Å². The molecule has 1 amide bonds. The third-order valence-corrected chi connectivity index (χ3v) is 4.45. The lowest BCUT2D eigenvalue weighted by Gasteiger charge is -2.34. The molecule has 9 heteroatoms. The number of anilines is 3. The van der Waals surface area contributed by atoms with E-state index in [1.165, 1.54) is 6.33 Å². The number of rotatable bonds is 6. The molecule has 0 aliphatic carbocycles. The first-order valence-corrected chi connectivity index (χ1v) is 9.63. The highest BCUT2D eigenvalue weighted by molar-refractivity contribution is 5.89. The molecular formula is C20H25N5O4. The Morgan fingerprint density at radius 2 is 1.69 bits per heavy atom. The van der Waals surface area contributed by atoms with Crippen LogP contribution in [-0.4, -0.2) is 66.3 Å². The molecule has 1 aliphatic heterocycles. The maximum absolute atomic E-state index is 11.8. The maximum atomic E-state index is 11.8. The molecule has 2 aromatic rings. The Kier molecular flexibility index (Phi) is 6.83. The van der Waals surface area contributed by atoms with Gasteiger partial charge in [-0.2, -0.15) is 0 Å². The lowest BCUT2D eigenvalue weighted by atomic mass is 10.2. The van der Waals surface area contributed by atoms with Crippen molar-refractivity contribution in [1.82, 2.24) is 14.9 Å². The third-order valence-electron chi connectivity index (χ3n) is 4.45. The minimum atomic E-state index is -0.342. The van der Waals surface area contributed by atoms with E-state index in [0.29, 0.717) is 50.8 Å². The first-order valence-electron chi connectivity index (χ1n) is 9.63. The fourth-order valence-corrected chi connectivity index (χ4v) is 2.97. The SMILES string of the molecule is CCOC(=O)c1ccc(Nc2cc(N3CCN(C(=O)OCC)CC3)ncn2)cc1. The van der Waals surface area contributed by atoms with Gasteiger partial charge in [-0.05, 0) is 38.1 Å². The molecule has 3 rings (SSSR count). The monoisotopic (exact) mass is 399 g/mol. The largest absolute Gasteiger partial charge is 0.462 e. The molecule has 0 spiro atoms. The Hall–Kier alpha value is -3.36. The number of carbonyl (C=O) groups is 2. The number of piperazine rings is 1. The summed E-state index contributed by atoms with van der Waals surface area (Å²) in [7, 11) is 0. The average molecular weight is 399 g/mol. The van der Waals surface area contributed by atoms with Gasteiger partial charge in [-0.15, -0.1) is 0 Å². The maximum Gasteiger partial charge on any atom is 0.409 e. The molecule has 0 bridgehead atoms. The number of hydrogen-bond donors (Lipinski definition) is 1. The van der Waals surface area contributed by atoms with Crippen molar-refractivity contribution in [3.63, 3.8) is 0 Å². The average Bonchev–Trinajstić information content (AvgIpc) is 2.75. The highest BCUT2D eigenvalue weighted by atomic mass is 16.6. The van der Waals surface area contributed by atoms with Crippen LogP contribution in [0.3, 0.4) is 0 Å². The van der Waals surface area contributed by atoms with E-state index < -0.39 is 0 Å². The summed E-state index contributed by atoms with van der Waals surface area (Å²) in [6.45, 7) is 6.80. The predicted molar refractivity (Wildman–Crippen MR) is 109 cm³/mol. The summed E-state index contributed by atoms with van der Waals surface area (Å²) in [5.41, 5.74) is 1.30. The Bertz CT molecular complexity index is 835. The molecule has 0 unspecified atom stereocenters. The van der Waals surface area contributed by atoms with Crippen LogP contribution in [0, 0.1) is 0 Å². The van der Waals surface area contributed by atoms with Crippen LogP contribution >= 0.6 is 0 Å². The highest BCUT2D eigenvalue weighted by Gasteiger charge is 2.22. The molecule has 1 aromatic carbocycles. The van der Waals surface area contributed by atoms with Gasteiger partial charge in [0.1, 0.15) is 18.0 Å². The molecular weight excluding hydrogens is 374 g/mol. The van der Waals surface area contributed by atoms with Crippen LogP contribution in [0.2, 0.25) is 0 Å². The zero-order valence-electron chi connectivity index (χ0n) is 16.6. The van der Waals surface area contributed by atoms with Crippen molar-refractivity contribution < 1.29 is 19.1 Å². The summed E-state index contributed by atoms with van der Waals surface area (Å²) in [4.78, 5) is 36.0. The number of nitrogens with one attached hydrogen (secondary N) is 1. The second-order valence-corrected chi connectivity index (χ2v) is 6.36. The molecule has 0 radical (unpaired) electrons. The van der Waals surface area contributed by atoms with Gasteiger partial charge >= 0.3 is 12.1 Å². The van der Waals surface area contributed by atoms with Crippen LogP contribution < -0.4 is 10.2 Å². The van der Waals surface area contributed by atoms with Crippen LogP contribution in [0.15, 0.2) is 36.7 Å². The molecule has 1 aliphatic rings. The van der Waals surface area contributed by atoms with E-state index in [9.17, 15) is 9.59 Å². The Balaban J connectivity index is 1.60. The van der Waals surface area contributed by atoms with Crippen molar-refractivity contribution in [3.05, 3.63) is 42.2 Å². The first-order chi connectivity index (χ1) is 14.1. The van der Waals surface area contributed by atoms with Gasteiger partial charge in [0, 0.05) is 37.9 Å². The quantitative estimate of drug-likeness (QED) is 0.741. The van der Waals surface area contributed by atoms with Crippen molar-refractivity contribution in [2.24, 2.45) is 0 Å². The molecule has 1 saturated heterocycles. The van der Waals surface area contributed by atoms with Gasteiger partial charge < -0.3 is 24.6 Å². The summed E-state index contributed by atoms with van der Waals surface area (Å²) < 4.78 is 10.0. The van der Waals surface area contributed by atoms with E-state index >= 15 is 0 Å². The lowest BCUT2D eigenvalue weighted by Crippen LogP contribution is -2.49. The number of hydrogen-bond acceptors (Lipinski definition) is 8. The fourth-order valence-electron chi connectivity index (χ4n) is 2.97. The van der Waals surface area contributed by atoms with Gasteiger partial charge in [0.2, 0.25) is 0 Å². The minimum absolute atomic E-state index is 0.275. The van der Waals surface area contributed by atoms with Crippen molar-refractivity contribution in [3.8, 4) is 0 Å². The topological polar surface area (TPSA) is 96.9 Å². The van der Waals surface area contributed by atoms with E-state index in [-0.39, 0.29) is 12.1 Å². The zero-order chi connectivity index (χ0) is 20.6. The van der Waals surface area contributed by atoms with Crippen LogP contribution in [-0.2, 0) is 9.47 Å². The van der Waals surface area contributed by atoms with Crippen molar-refractivity contribution >= 4 is 29.4 Å². The molecule has 0 atom stereocenters. The van der Waals surface area contributed by atoms with Gasteiger partial charge in [-0.3, -0.25) is 0 Å². The fraction of sp³-hybridized carbons (Fsp3) is 0.400. The first kappa shape index (κ1) is 20.4. The Morgan fingerprint density at radius 3 is 2.34 bits per heavy atom. The number of aromatic nitrogens is 2. The molecule has 0 saturated carbocycles. The van der Waals surface area contributed by atoms with E-state index in [2.05, 4.69) is 20.2 Å². The summed E-state index contributed by atoms with van der Waals surface area (Å²) in [6.07, 6.45) is 1.23. The molecule has 1 aromatic heterocycles. The number of ether oxygens (including phenoxy) is 2. The number of amides is 1. The Morgan fingerprint density at radius 1 is 1.00 bits per heavy atom. The van der Waals surface area contributed by atoms with E-state index in [1.807, 2.05) is 6.07 Å². The van der Waals surface area contributed by atoms with Crippen molar-refractivity contribution in [2.75, 3.05) is 49.6 Å². The molecule has 2 heterocycles. The minimum Gasteiger partial charge on any atom is -0.462 e. The van der Waals surface area contributed by atoms with E-state index in [4.69, 9.17) is 9.47 Å². The van der Waals surface area contributed by atoms with Gasteiger partial charge in [0.25, 0.3) is 0 Å². The predicted octanol–water partition coefficient (Wildman–Crippen LogP) is 2.68. The number of nitrogens with zero attached hydrogens (tertiary/aromatic N) is 4. The molecule has 1 N–H and O–H groups in total.